The predicted octanol–water partition coefficient (Wildman–Crippen LogP) is 9.25. The molecular formula is C20H28Br2S2. The summed E-state index contributed by atoms with van der Waals surface area (Å²) in [6.45, 7) is 4.54. The zero-order chi connectivity index (χ0) is 17.4. The van der Waals surface area contributed by atoms with Gasteiger partial charge in [-0.2, -0.15) is 0 Å². The molecule has 2 rings (SSSR count). The fourth-order valence-electron chi connectivity index (χ4n) is 2.88. The van der Waals surface area contributed by atoms with Gasteiger partial charge >= 0.3 is 0 Å². The lowest BCUT2D eigenvalue weighted by atomic mass is 10.1. The third-order valence-corrected chi connectivity index (χ3v) is 8.47. The average Bonchev–Trinajstić information content (AvgIpc) is 3.12. The van der Waals surface area contributed by atoms with Crippen LogP contribution in [0.2, 0.25) is 0 Å². The van der Waals surface area contributed by atoms with E-state index in [2.05, 4.69) is 57.8 Å². The Morgan fingerprint density at radius 1 is 0.667 bits per heavy atom. The number of hydrogen-bond donors (Lipinski definition) is 0. The molecule has 0 aliphatic heterocycles. The van der Waals surface area contributed by atoms with Crippen molar-refractivity contribution in [1.29, 1.82) is 0 Å². The molecule has 4 heteroatoms. The highest BCUT2D eigenvalue weighted by Gasteiger charge is 2.13. The Morgan fingerprint density at radius 3 is 1.46 bits per heavy atom. The van der Waals surface area contributed by atoms with Gasteiger partial charge in [-0.1, -0.05) is 52.4 Å². The molecule has 134 valence electrons. The van der Waals surface area contributed by atoms with Crippen LogP contribution in [0.3, 0.4) is 0 Å². The number of hydrogen-bond acceptors (Lipinski definition) is 2. The van der Waals surface area contributed by atoms with Crippen LogP contribution in [0.5, 0.6) is 0 Å². The summed E-state index contributed by atoms with van der Waals surface area (Å²) in [5.41, 5.74) is 2.97. The lowest BCUT2D eigenvalue weighted by Crippen LogP contribution is -1.83. The van der Waals surface area contributed by atoms with Gasteiger partial charge in [0.05, 0.1) is 7.57 Å². The van der Waals surface area contributed by atoms with Crippen LogP contribution in [0.4, 0.5) is 0 Å². The molecule has 24 heavy (non-hydrogen) atoms. The van der Waals surface area contributed by atoms with Gasteiger partial charge in [-0.15, -0.1) is 22.7 Å². The highest BCUT2D eigenvalue weighted by Crippen LogP contribution is 2.42. The third-order valence-electron chi connectivity index (χ3n) is 4.36. The first-order chi connectivity index (χ1) is 11.7. The van der Waals surface area contributed by atoms with E-state index in [1.165, 1.54) is 92.7 Å². The monoisotopic (exact) mass is 490 g/mol. The van der Waals surface area contributed by atoms with Gasteiger partial charge < -0.3 is 0 Å². The molecule has 0 N–H and O–H groups in total. The number of unbranched alkanes of at least 4 members (excludes halogenated alkanes) is 6. The van der Waals surface area contributed by atoms with E-state index in [0.717, 1.165) is 0 Å². The van der Waals surface area contributed by atoms with Crippen LogP contribution >= 0.6 is 54.5 Å². The molecule has 0 nitrogen and oxygen atoms in total. The van der Waals surface area contributed by atoms with Crippen molar-refractivity contribution in [3.63, 3.8) is 0 Å². The van der Waals surface area contributed by atoms with Gasteiger partial charge in [0.2, 0.25) is 0 Å². The Hall–Kier alpha value is 0.360. The van der Waals surface area contributed by atoms with Crippen LogP contribution in [-0.4, -0.2) is 0 Å². The highest BCUT2D eigenvalue weighted by molar-refractivity contribution is 9.11. The van der Waals surface area contributed by atoms with E-state index >= 15 is 0 Å². The van der Waals surface area contributed by atoms with E-state index in [1.54, 1.807) is 0 Å². The van der Waals surface area contributed by atoms with Crippen LogP contribution in [0.1, 0.15) is 76.3 Å². The Labute approximate surface area is 172 Å². The van der Waals surface area contributed by atoms with E-state index < -0.39 is 0 Å². The maximum absolute atomic E-state index is 3.78. The second-order valence-corrected chi connectivity index (χ2v) is 11.2. The van der Waals surface area contributed by atoms with E-state index in [1.807, 2.05) is 22.7 Å². The van der Waals surface area contributed by atoms with Crippen LogP contribution in [-0.2, 0) is 12.8 Å². The zero-order valence-electron chi connectivity index (χ0n) is 14.8. The molecule has 0 aliphatic carbocycles. The van der Waals surface area contributed by atoms with E-state index in [0.29, 0.717) is 0 Å². The minimum absolute atomic E-state index is 1.20. The summed E-state index contributed by atoms with van der Waals surface area (Å²) in [5.74, 6) is 0. The Balaban J connectivity index is 1.98. The van der Waals surface area contributed by atoms with Gasteiger partial charge in [0, 0.05) is 9.75 Å². The molecule has 0 atom stereocenters. The molecule has 0 amide bonds. The van der Waals surface area contributed by atoms with Gasteiger partial charge in [-0.3, -0.25) is 0 Å². The normalized spacial score (nSPS) is 11.3. The SMILES string of the molecule is CCCCCCc1cc(-c2cc(CCCCCC)c(Br)s2)sc1Br. The lowest BCUT2D eigenvalue weighted by Gasteiger charge is -1.98. The fourth-order valence-corrected chi connectivity index (χ4v) is 6.49. The predicted molar refractivity (Wildman–Crippen MR) is 119 cm³/mol. The van der Waals surface area contributed by atoms with Gasteiger partial charge in [-0.05, 0) is 80.8 Å². The molecule has 0 radical (unpaired) electrons. The molecule has 2 aromatic rings. The quantitative estimate of drug-likeness (QED) is 0.274. The van der Waals surface area contributed by atoms with Gasteiger partial charge in [-0.25, -0.2) is 0 Å². The first kappa shape index (κ1) is 20.7. The zero-order valence-corrected chi connectivity index (χ0v) is 19.6. The van der Waals surface area contributed by atoms with Crippen molar-refractivity contribution in [2.75, 3.05) is 0 Å². The number of rotatable bonds is 11. The highest BCUT2D eigenvalue weighted by atomic mass is 79.9. The van der Waals surface area contributed by atoms with Gasteiger partial charge in [0.15, 0.2) is 0 Å². The molecule has 2 aromatic heterocycles. The summed E-state index contributed by atoms with van der Waals surface area (Å²) in [6.07, 6.45) is 13.0. The lowest BCUT2D eigenvalue weighted by molar-refractivity contribution is 0.667. The minimum atomic E-state index is 1.20. The van der Waals surface area contributed by atoms with Crippen LogP contribution < -0.4 is 0 Å². The molecule has 2 heterocycles. The van der Waals surface area contributed by atoms with Crippen molar-refractivity contribution in [2.24, 2.45) is 0 Å². The summed E-state index contributed by atoms with van der Waals surface area (Å²) >= 11 is 11.3. The minimum Gasteiger partial charge on any atom is -0.127 e. The maximum atomic E-state index is 3.78. The summed E-state index contributed by atoms with van der Waals surface area (Å²) in [5, 5.41) is 0. The summed E-state index contributed by atoms with van der Waals surface area (Å²) < 4.78 is 2.64. The largest absolute Gasteiger partial charge is 0.127 e. The molecule has 0 fully saturated rings. The molecule has 0 aromatic carbocycles. The summed E-state index contributed by atoms with van der Waals surface area (Å²) in [4.78, 5) is 2.83. The molecule has 0 spiro atoms. The molecule has 0 saturated heterocycles. The maximum Gasteiger partial charge on any atom is 0.0737 e. The van der Waals surface area contributed by atoms with Crippen molar-refractivity contribution >= 4 is 54.5 Å². The smallest absolute Gasteiger partial charge is 0.0737 e. The van der Waals surface area contributed by atoms with Crippen molar-refractivity contribution in [3.05, 3.63) is 30.8 Å². The third kappa shape index (κ3) is 6.26. The first-order valence-corrected chi connectivity index (χ1v) is 12.4. The Morgan fingerprint density at radius 2 is 1.08 bits per heavy atom. The van der Waals surface area contributed by atoms with Crippen LogP contribution in [0.25, 0.3) is 9.75 Å². The Bertz CT molecular complexity index is 559. The molecule has 0 aliphatic rings. The number of halogens is 2. The van der Waals surface area contributed by atoms with Gasteiger partial charge in [0.25, 0.3) is 0 Å². The summed E-state index contributed by atoms with van der Waals surface area (Å²) in [6, 6.07) is 4.81. The van der Waals surface area contributed by atoms with Crippen molar-refractivity contribution < 1.29 is 0 Å². The van der Waals surface area contributed by atoms with Crippen molar-refractivity contribution in [1.82, 2.24) is 0 Å². The summed E-state index contributed by atoms with van der Waals surface area (Å²) in [7, 11) is 0. The van der Waals surface area contributed by atoms with E-state index in [-0.39, 0.29) is 0 Å². The first-order valence-electron chi connectivity index (χ1n) is 9.22. The topological polar surface area (TPSA) is 0 Å². The van der Waals surface area contributed by atoms with E-state index in [9.17, 15) is 0 Å². The van der Waals surface area contributed by atoms with Crippen molar-refractivity contribution in [3.8, 4) is 9.75 Å². The van der Waals surface area contributed by atoms with Crippen LogP contribution in [0, 0.1) is 0 Å². The number of thiophene rings is 2. The molecule has 0 saturated carbocycles. The molecular weight excluding hydrogens is 464 g/mol. The van der Waals surface area contributed by atoms with Crippen LogP contribution in [0.15, 0.2) is 19.7 Å². The second kappa shape index (κ2) is 11.2. The average molecular weight is 492 g/mol. The van der Waals surface area contributed by atoms with Crippen molar-refractivity contribution in [2.45, 2.75) is 78.1 Å². The van der Waals surface area contributed by atoms with E-state index in [4.69, 9.17) is 0 Å². The fraction of sp³-hybridized carbons (Fsp3) is 0.600. The molecule has 0 bridgehead atoms. The second-order valence-electron chi connectivity index (χ2n) is 6.44. The van der Waals surface area contributed by atoms with Gasteiger partial charge in [0.1, 0.15) is 0 Å². The standard InChI is InChI=1S/C20H28Br2S2/c1-3-5-7-9-11-15-13-17(23-19(15)21)18-14-16(20(22)24-18)12-10-8-6-4-2/h13-14H,3-12H2,1-2H3. The number of aryl methyl sites for hydroxylation is 2. The molecule has 0 unspecified atom stereocenters. The Kier molecular flexibility index (Phi) is 9.61.